The maximum Gasteiger partial charge on any atom is 0.267 e. The number of hydrogen-bond acceptors (Lipinski definition) is 6. The maximum atomic E-state index is 15.2. The highest BCUT2D eigenvalue weighted by Gasteiger charge is 2.32. The van der Waals surface area contributed by atoms with Crippen LogP contribution in [0, 0.1) is 16.9 Å². The van der Waals surface area contributed by atoms with Crippen LogP contribution < -0.4 is 10.3 Å². The van der Waals surface area contributed by atoms with Crippen LogP contribution >= 0.6 is 11.6 Å². The molecule has 4 heterocycles. The highest BCUT2D eigenvalue weighted by atomic mass is 35.5. The summed E-state index contributed by atoms with van der Waals surface area (Å²) in [5, 5.41) is 22.0. The minimum absolute atomic E-state index is 0.0642. The van der Waals surface area contributed by atoms with Crippen molar-refractivity contribution in [3.63, 3.8) is 0 Å². The van der Waals surface area contributed by atoms with E-state index in [4.69, 9.17) is 16.0 Å². The van der Waals surface area contributed by atoms with E-state index in [1.54, 1.807) is 42.3 Å². The average Bonchev–Trinajstić information content (AvgIpc) is 3.34. The summed E-state index contributed by atoms with van der Waals surface area (Å²) in [6.45, 7) is 0. The summed E-state index contributed by atoms with van der Waals surface area (Å²) in [4.78, 5) is 16.0. The van der Waals surface area contributed by atoms with Crippen LogP contribution in [-0.2, 0) is 7.05 Å². The SMILES string of the molecule is Cn1ncc(-c2cnn(C(CC3CC3)c3ccc(-c4c(-c5cnco5)ccc(Cl)c4F)c[n+]3[O-])c2)cc1=O. The molecule has 0 spiro atoms. The highest BCUT2D eigenvalue weighted by molar-refractivity contribution is 6.31. The standard InChI is InChI=1S/C27H22ClFN6O3/c1-33-25(36)9-18(10-31-33)19-11-32-34(13-19)23(8-16-2-3-16)22-7-4-17(14-35(22)37)26-20(24-12-30-15-38-24)5-6-21(28)27(26)29/h4-7,9-16,23H,2-3,8H2,1H3. The normalized spacial score (nSPS) is 14.1. The van der Waals surface area contributed by atoms with Gasteiger partial charge in [0.1, 0.15) is 6.04 Å². The molecule has 0 amide bonds. The smallest absolute Gasteiger partial charge is 0.267 e. The Labute approximate surface area is 221 Å². The molecule has 0 aliphatic heterocycles. The van der Waals surface area contributed by atoms with E-state index in [2.05, 4.69) is 15.2 Å². The molecular formula is C27H22ClFN6O3. The molecule has 6 rings (SSSR count). The summed E-state index contributed by atoms with van der Waals surface area (Å²) in [6.07, 6.45) is 12.1. The van der Waals surface area contributed by atoms with Crippen LogP contribution in [0.15, 0.2) is 76.9 Å². The number of benzene rings is 1. The van der Waals surface area contributed by atoms with E-state index in [0.29, 0.717) is 34.1 Å². The Balaban J connectivity index is 1.40. The van der Waals surface area contributed by atoms with Gasteiger partial charge in [-0.3, -0.25) is 9.48 Å². The lowest BCUT2D eigenvalue weighted by molar-refractivity contribution is -0.615. The first-order chi connectivity index (χ1) is 18.4. The number of pyridine rings is 1. The van der Waals surface area contributed by atoms with Crippen molar-refractivity contribution < 1.29 is 13.5 Å². The fourth-order valence-electron chi connectivity index (χ4n) is 4.60. The Kier molecular flexibility index (Phi) is 6.03. The molecule has 0 N–H and O–H groups in total. The van der Waals surface area contributed by atoms with Crippen molar-refractivity contribution in [2.24, 2.45) is 13.0 Å². The van der Waals surface area contributed by atoms with E-state index in [9.17, 15) is 10.0 Å². The third-order valence-electron chi connectivity index (χ3n) is 6.84. The zero-order valence-electron chi connectivity index (χ0n) is 20.3. The van der Waals surface area contributed by atoms with Crippen molar-refractivity contribution in [2.45, 2.75) is 25.3 Å². The second kappa shape index (κ2) is 9.53. The summed E-state index contributed by atoms with van der Waals surface area (Å²) < 4.78 is 24.4. The van der Waals surface area contributed by atoms with Crippen LogP contribution in [-0.4, -0.2) is 24.5 Å². The third kappa shape index (κ3) is 4.47. The van der Waals surface area contributed by atoms with Gasteiger partial charge in [-0.25, -0.2) is 14.1 Å². The molecule has 1 unspecified atom stereocenters. The van der Waals surface area contributed by atoms with Crippen LogP contribution in [0.25, 0.3) is 33.6 Å². The van der Waals surface area contributed by atoms with Gasteiger partial charge < -0.3 is 9.62 Å². The van der Waals surface area contributed by atoms with E-state index in [0.717, 1.165) is 29.6 Å². The zero-order chi connectivity index (χ0) is 26.4. The van der Waals surface area contributed by atoms with Gasteiger partial charge in [0.2, 0.25) is 5.69 Å². The lowest BCUT2D eigenvalue weighted by atomic mass is 9.97. The third-order valence-corrected chi connectivity index (χ3v) is 7.13. The van der Waals surface area contributed by atoms with Crippen LogP contribution in [0.1, 0.15) is 31.0 Å². The number of halogens is 2. The fourth-order valence-corrected chi connectivity index (χ4v) is 4.76. The number of rotatable bonds is 7. The molecule has 0 bridgehead atoms. The van der Waals surface area contributed by atoms with Crippen LogP contribution in [0.2, 0.25) is 5.02 Å². The lowest BCUT2D eigenvalue weighted by Crippen LogP contribution is -2.35. The molecule has 11 heteroatoms. The molecule has 4 aromatic heterocycles. The maximum absolute atomic E-state index is 15.2. The Morgan fingerprint density at radius 1 is 1.16 bits per heavy atom. The van der Waals surface area contributed by atoms with Gasteiger partial charge in [-0.1, -0.05) is 24.4 Å². The summed E-state index contributed by atoms with van der Waals surface area (Å²) in [5.41, 5.74) is 2.56. The quantitative estimate of drug-likeness (QED) is 0.220. The lowest BCUT2D eigenvalue weighted by Gasteiger charge is -2.18. The van der Waals surface area contributed by atoms with Gasteiger partial charge in [-0.05, 0) is 30.5 Å². The molecule has 1 aromatic carbocycles. The summed E-state index contributed by atoms with van der Waals surface area (Å²) >= 11 is 6.09. The molecule has 38 heavy (non-hydrogen) atoms. The Bertz CT molecular complexity index is 1690. The summed E-state index contributed by atoms with van der Waals surface area (Å²) in [6, 6.07) is 7.63. The Morgan fingerprint density at radius 3 is 2.68 bits per heavy atom. The monoisotopic (exact) mass is 532 g/mol. The van der Waals surface area contributed by atoms with Crippen molar-refractivity contribution in [1.82, 2.24) is 24.5 Å². The summed E-state index contributed by atoms with van der Waals surface area (Å²) in [7, 11) is 1.58. The molecule has 1 atom stereocenters. The van der Waals surface area contributed by atoms with Crippen LogP contribution in [0.3, 0.4) is 0 Å². The predicted molar refractivity (Wildman–Crippen MR) is 137 cm³/mol. The van der Waals surface area contributed by atoms with Gasteiger partial charge in [0, 0.05) is 47.6 Å². The number of hydrogen-bond donors (Lipinski definition) is 0. The summed E-state index contributed by atoms with van der Waals surface area (Å²) in [5.74, 6) is 0.196. The first-order valence-corrected chi connectivity index (χ1v) is 12.4. The fraction of sp³-hybridized carbons (Fsp3) is 0.222. The van der Waals surface area contributed by atoms with E-state index < -0.39 is 5.82 Å². The van der Waals surface area contributed by atoms with E-state index in [1.165, 1.54) is 35.6 Å². The van der Waals surface area contributed by atoms with Gasteiger partial charge in [-0.2, -0.15) is 14.9 Å². The molecule has 192 valence electrons. The number of aryl methyl sites for hydroxylation is 1. The van der Waals surface area contributed by atoms with Gasteiger partial charge in [0.25, 0.3) is 5.56 Å². The minimum atomic E-state index is -0.651. The topological polar surface area (TPSA) is 106 Å². The van der Waals surface area contributed by atoms with Crippen molar-refractivity contribution in [3.8, 4) is 33.6 Å². The van der Waals surface area contributed by atoms with Crippen molar-refractivity contribution in [3.05, 3.63) is 99.8 Å². The highest BCUT2D eigenvalue weighted by Crippen LogP contribution is 2.40. The van der Waals surface area contributed by atoms with Gasteiger partial charge in [-0.15, -0.1) is 0 Å². The van der Waals surface area contributed by atoms with Gasteiger partial charge in [0.15, 0.2) is 24.2 Å². The van der Waals surface area contributed by atoms with Gasteiger partial charge in [0.05, 0.1) is 29.2 Å². The second-order valence-electron chi connectivity index (χ2n) is 9.43. The molecule has 1 aliphatic rings. The molecule has 0 saturated heterocycles. The predicted octanol–water partition coefficient (Wildman–Crippen LogP) is 4.78. The van der Waals surface area contributed by atoms with Crippen molar-refractivity contribution in [2.75, 3.05) is 0 Å². The first-order valence-electron chi connectivity index (χ1n) is 12.1. The molecule has 0 radical (unpaired) electrons. The van der Waals surface area contributed by atoms with E-state index in [1.807, 2.05) is 6.20 Å². The van der Waals surface area contributed by atoms with Gasteiger partial charge >= 0.3 is 0 Å². The average molecular weight is 533 g/mol. The van der Waals surface area contributed by atoms with Crippen LogP contribution in [0.5, 0.6) is 0 Å². The zero-order valence-corrected chi connectivity index (χ0v) is 21.0. The molecule has 1 fully saturated rings. The van der Waals surface area contributed by atoms with E-state index >= 15 is 4.39 Å². The molecule has 1 saturated carbocycles. The number of aromatic nitrogens is 6. The van der Waals surface area contributed by atoms with Crippen molar-refractivity contribution >= 4 is 11.6 Å². The Hall–Kier alpha value is -4.31. The van der Waals surface area contributed by atoms with Crippen molar-refractivity contribution in [1.29, 1.82) is 0 Å². The number of nitrogens with zero attached hydrogens (tertiary/aromatic N) is 6. The molecular weight excluding hydrogens is 511 g/mol. The number of oxazole rings is 1. The molecule has 9 nitrogen and oxygen atoms in total. The first kappa shape index (κ1) is 24.1. The van der Waals surface area contributed by atoms with Crippen LogP contribution in [0.4, 0.5) is 4.39 Å². The van der Waals surface area contributed by atoms with E-state index in [-0.39, 0.29) is 22.2 Å². The molecule has 1 aliphatic carbocycles. The minimum Gasteiger partial charge on any atom is -0.618 e. The molecule has 5 aromatic rings. The Morgan fingerprint density at radius 2 is 1.97 bits per heavy atom. The second-order valence-corrected chi connectivity index (χ2v) is 9.84. The largest absolute Gasteiger partial charge is 0.618 e.